The van der Waals surface area contributed by atoms with Crippen molar-refractivity contribution in [1.82, 2.24) is 10.9 Å². The minimum Gasteiger partial charge on any atom is -0.494 e. The number of amides is 2. The van der Waals surface area contributed by atoms with Crippen molar-refractivity contribution in [3.8, 4) is 17.2 Å². The average molecular weight is 384 g/mol. The van der Waals surface area contributed by atoms with Gasteiger partial charge in [-0.1, -0.05) is 12.1 Å². The Balaban J connectivity index is 1.33. The molecule has 2 amide bonds. The smallest absolute Gasteiger partial charge is 0.269 e. The van der Waals surface area contributed by atoms with Crippen molar-refractivity contribution in [3.05, 3.63) is 53.6 Å². The molecule has 0 saturated heterocycles. The molecular formula is C21H24N2O5. The standard InChI is InChI=1S/C21H24N2O5/c1-15-5-4-6-17(13-15)26-10-3-2-7-20(24)22-23-21(25)16-8-9-18-19(14-16)28-12-11-27-18/h4-6,8-9,13-14H,2-3,7,10-12H2,1H3,(H,22,24)(H,23,25). The largest absolute Gasteiger partial charge is 0.494 e. The fourth-order valence-electron chi connectivity index (χ4n) is 2.73. The van der Waals surface area contributed by atoms with E-state index in [1.807, 2.05) is 31.2 Å². The van der Waals surface area contributed by atoms with Gasteiger partial charge in [-0.05, 0) is 55.7 Å². The molecule has 0 aromatic heterocycles. The van der Waals surface area contributed by atoms with Gasteiger partial charge in [0.05, 0.1) is 6.61 Å². The molecule has 0 aliphatic carbocycles. The number of nitrogens with one attached hydrogen (secondary N) is 2. The van der Waals surface area contributed by atoms with Gasteiger partial charge in [0.2, 0.25) is 5.91 Å². The van der Waals surface area contributed by atoms with Gasteiger partial charge in [0, 0.05) is 12.0 Å². The van der Waals surface area contributed by atoms with E-state index >= 15 is 0 Å². The number of carbonyl (C=O) groups excluding carboxylic acids is 2. The van der Waals surface area contributed by atoms with E-state index < -0.39 is 5.91 Å². The van der Waals surface area contributed by atoms with Crippen molar-refractivity contribution in [1.29, 1.82) is 0 Å². The first-order chi connectivity index (χ1) is 13.6. The lowest BCUT2D eigenvalue weighted by molar-refractivity contribution is -0.122. The molecule has 2 aromatic carbocycles. The molecule has 1 heterocycles. The Morgan fingerprint density at radius 1 is 1.00 bits per heavy atom. The summed E-state index contributed by atoms with van der Waals surface area (Å²) in [5.41, 5.74) is 6.37. The normalized spacial score (nSPS) is 12.2. The highest BCUT2D eigenvalue weighted by molar-refractivity contribution is 5.96. The van der Waals surface area contributed by atoms with Crippen molar-refractivity contribution >= 4 is 11.8 Å². The zero-order valence-electron chi connectivity index (χ0n) is 15.8. The van der Waals surface area contributed by atoms with Crippen LogP contribution in [0.2, 0.25) is 0 Å². The molecular weight excluding hydrogens is 360 g/mol. The molecule has 0 saturated carbocycles. The molecule has 2 aromatic rings. The summed E-state index contributed by atoms with van der Waals surface area (Å²) in [6, 6.07) is 12.7. The topological polar surface area (TPSA) is 85.9 Å². The van der Waals surface area contributed by atoms with Gasteiger partial charge >= 0.3 is 0 Å². The predicted molar refractivity (Wildman–Crippen MR) is 104 cm³/mol. The molecule has 0 radical (unpaired) electrons. The molecule has 0 bridgehead atoms. The molecule has 148 valence electrons. The minimum absolute atomic E-state index is 0.249. The van der Waals surface area contributed by atoms with Crippen LogP contribution in [0.25, 0.3) is 0 Å². The van der Waals surface area contributed by atoms with E-state index in [2.05, 4.69) is 10.9 Å². The lowest BCUT2D eigenvalue weighted by Gasteiger charge is -2.18. The Morgan fingerprint density at radius 2 is 1.82 bits per heavy atom. The van der Waals surface area contributed by atoms with Gasteiger partial charge in [0.15, 0.2) is 11.5 Å². The molecule has 7 heteroatoms. The second-order valence-electron chi connectivity index (χ2n) is 6.48. The van der Waals surface area contributed by atoms with Crippen molar-refractivity contribution in [3.63, 3.8) is 0 Å². The van der Waals surface area contributed by atoms with Crippen LogP contribution in [0.3, 0.4) is 0 Å². The van der Waals surface area contributed by atoms with Crippen LogP contribution in [0, 0.1) is 6.92 Å². The number of hydrogen-bond acceptors (Lipinski definition) is 5. The molecule has 1 aliphatic heterocycles. The van der Waals surface area contributed by atoms with Crippen molar-refractivity contribution in [2.75, 3.05) is 19.8 Å². The quantitative estimate of drug-likeness (QED) is 0.566. The van der Waals surface area contributed by atoms with Crippen LogP contribution in [0.15, 0.2) is 42.5 Å². The molecule has 28 heavy (non-hydrogen) atoms. The van der Waals surface area contributed by atoms with Crippen molar-refractivity contribution in [2.45, 2.75) is 26.2 Å². The lowest BCUT2D eigenvalue weighted by atomic mass is 10.2. The number of aryl methyl sites for hydroxylation is 1. The summed E-state index contributed by atoms with van der Waals surface area (Å²) in [5, 5.41) is 0. The lowest BCUT2D eigenvalue weighted by Crippen LogP contribution is -2.41. The number of unbranched alkanes of at least 4 members (excludes halogenated alkanes) is 1. The third-order valence-electron chi connectivity index (χ3n) is 4.18. The molecule has 3 rings (SSSR count). The van der Waals surface area contributed by atoms with Gasteiger partial charge in [-0.3, -0.25) is 20.4 Å². The summed E-state index contributed by atoms with van der Waals surface area (Å²) in [5.74, 6) is 1.31. The van der Waals surface area contributed by atoms with Crippen molar-refractivity contribution in [2.24, 2.45) is 0 Å². The van der Waals surface area contributed by atoms with E-state index in [4.69, 9.17) is 14.2 Å². The number of rotatable bonds is 7. The van der Waals surface area contributed by atoms with Gasteiger partial charge in [-0.2, -0.15) is 0 Å². The van der Waals surface area contributed by atoms with Gasteiger partial charge in [-0.25, -0.2) is 0 Å². The second kappa shape index (κ2) is 9.64. The summed E-state index contributed by atoms with van der Waals surface area (Å²) < 4.78 is 16.5. The zero-order chi connectivity index (χ0) is 19.8. The van der Waals surface area contributed by atoms with E-state index in [9.17, 15) is 9.59 Å². The number of benzene rings is 2. The van der Waals surface area contributed by atoms with E-state index in [0.29, 0.717) is 49.7 Å². The summed E-state index contributed by atoms with van der Waals surface area (Å²) in [6.45, 7) is 3.49. The number of hydrazine groups is 1. The molecule has 0 atom stereocenters. The van der Waals surface area contributed by atoms with E-state index in [0.717, 1.165) is 17.7 Å². The number of ether oxygens (including phenoxy) is 3. The Kier molecular flexibility index (Phi) is 6.73. The number of fused-ring (bicyclic) bond motifs is 1. The summed E-state index contributed by atoms with van der Waals surface area (Å²) in [7, 11) is 0. The van der Waals surface area contributed by atoms with Crippen LogP contribution in [0.5, 0.6) is 17.2 Å². The first kappa shape index (κ1) is 19.5. The predicted octanol–water partition coefficient (Wildman–Crippen LogP) is 2.78. The summed E-state index contributed by atoms with van der Waals surface area (Å²) >= 11 is 0. The molecule has 7 nitrogen and oxygen atoms in total. The fourth-order valence-corrected chi connectivity index (χ4v) is 2.73. The maximum atomic E-state index is 12.2. The minimum atomic E-state index is -0.409. The van der Waals surface area contributed by atoms with Gasteiger partial charge < -0.3 is 14.2 Å². The maximum absolute atomic E-state index is 12.2. The SMILES string of the molecule is Cc1cccc(OCCCCC(=O)NNC(=O)c2ccc3c(c2)OCCO3)c1. The first-order valence-electron chi connectivity index (χ1n) is 9.30. The third-order valence-corrected chi connectivity index (χ3v) is 4.18. The number of hydrogen-bond donors (Lipinski definition) is 2. The number of carbonyl (C=O) groups is 2. The second-order valence-corrected chi connectivity index (χ2v) is 6.48. The monoisotopic (exact) mass is 384 g/mol. The van der Waals surface area contributed by atoms with E-state index in [1.54, 1.807) is 18.2 Å². The Bertz CT molecular complexity index is 837. The van der Waals surface area contributed by atoms with Crippen LogP contribution < -0.4 is 25.1 Å². The molecule has 1 aliphatic rings. The molecule has 0 fully saturated rings. The molecule has 0 spiro atoms. The van der Waals surface area contributed by atoms with Crippen LogP contribution in [0.1, 0.15) is 35.2 Å². The van der Waals surface area contributed by atoms with E-state index in [-0.39, 0.29) is 5.91 Å². The van der Waals surface area contributed by atoms with E-state index in [1.165, 1.54) is 0 Å². The van der Waals surface area contributed by atoms with Crippen LogP contribution in [0.4, 0.5) is 0 Å². The molecule has 2 N–H and O–H groups in total. The van der Waals surface area contributed by atoms with Crippen LogP contribution in [-0.2, 0) is 4.79 Å². The van der Waals surface area contributed by atoms with Gasteiger partial charge in [0.25, 0.3) is 5.91 Å². The van der Waals surface area contributed by atoms with Gasteiger partial charge in [-0.15, -0.1) is 0 Å². The Labute approximate surface area is 164 Å². The summed E-state index contributed by atoms with van der Waals surface area (Å²) in [6.07, 6.45) is 1.72. The maximum Gasteiger partial charge on any atom is 0.269 e. The highest BCUT2D eigenvalue weighted by Crippen LogP contribution is 2.30. The summed E-state index contributed by atoms with van der Waals surface area (Å²) in [4.78, 5) is 24.0. The van der Waals surface area contributed by atoms with Gasteiger partial charge in [0.1, 0.15) is 19.0 Å². The Hall–Kier alpha value is -3.22. The van der Waals surface area contributed by atoms with Crippen molar-refractivity contribution < 1.29 is 23.8 Å². The Morgan fingerprint density at radius 3 is 2.64 bits per heavy atom. The zero-order valence-corrected chi connectivity index (χ0v) is 15.8. The average Bonchev–Trinajstić information content (AvgIpc) is 2.71. The highest BCUT2D eigenvalue weighted by Gasteiger charge is 2.15. The first-order valence-corrected chi connectivity index (χ1v) is 9.30. The van der Waals surface area contributed by atoms with Crippen LogP contribution >= 0.6 is 0 Å². The third kappa shape index (κ3) is 5.64. The molecule has 0 unspecified atom stereocenters. The highest BCUT2D eigenvalue weighted by atomic mass is 16.6. The fraction of sp³-hybridized carbons (Fsp3) is 0.333. The van der Waals surface area contributed by atoms with Crippen LogP contribution in [-0.4, -0.2) is 31.6 Å².